The van der Waals surface area contributed by atoms with Crippen molar-refractivity contribution in [2.45, 2.75) is 69.2 Å². The summed E-state index contributed by atoms with van der Waals surface area (Å²) >= 11 is 0. The van der Waals surface area contributed by atoms with Gasteiger partial charge in [0.05, 0.1) is 5.56 Å². The molecule has 380 valence electrons. The first-order chi connectivity index (χ1) is 35.9. The monoisotopic (exact) mass is 992 g/mol. The molecule has 4 aromatic carbocycles. The Morgan fingerprint density at radius 1 is 0.267 bits per heavy atom. The molecule has 10 aromatic rings. The molecule has 6 aromatic heterocycles. The third-order valence-corrected chi connectivity index (χ3v) is 13.7. The fourth-order valence-corrected chi connectivity index (χ4v) is 9.22. The summed E-state index contributed by atoms with van der Waals surface area (Å²) in [5.74, 6) is 0. The molecule has 0 spiro atoms. The van der Waals surface area contributed by atoms with Crippen LogP contribution >= 0.6 is 0 Å². The largest absolute Gasteiger partial charge is 0.264 e. The Hall–Kier alpha value is -8.22. The van der Waals surface area contributed by atoms with Crippen LogP contribution in [-0.2, 0) is 35.2 Å². The van der Waals surface area contributed by atoms with E-state index in [-0.39, 0.29) is 0 Å². The van der Waals surface area contributed by atoms with Gasteiger partial charge in [0.1, 0.15) is 35.2 Å². The minimum Gasteiger partial charge on any atom is -0.264 e. The quantitative estimate of drug-likeness (QED) is 0.158. The summed E-state index contributed by atoms with van der Waals surface area (Å²) in [6.07, 6.45) is 14.4. The van der Waals surface area contributed by atoms with Crippen molar-refractivity contribution in [3.05, 3.63) is 263 Å². The molecule has 0 saturated carbocycles. The molecule has 0 saturated heterocycles. The van der Waals surface area contributed by atoms with E-state index in [1.165, 1.54) is 112 Å². The van der Waals surface area contributed by atoms with Gasteiger partial charge in [-0.2, -0.15) is 0 Å². The van der Waals surface area contributed by atoms with Gasteiger partial charge in [-0.3, -0.25) is 4.98 Å². The highest BCUT2D eigenvalue weighted by Gasteiger charge is 2.16. The van der Waals surface area contributed by atoms with Crippen molar-refractivity contribution in [1.82, 2.24) is 4.98 Å². The minimum atomic E-state index is 1.19. The first-order valence-electron chi connectivity index (χ1n) is 25.9. The zero-order chi connectivity index (χ0) is 54.2. The summed E-state index contributed by atoms with van der Waals surface area (Å²) in [4.78, 5) is 4.15. The Balaban J connectivity index is 0.000000153. The summed E-state index contributed by atoms with van der Waals surface area (Å²) in [6.45, 7) is 21.4. The summed E-state index contributed by atoms with van der Waals surface area (Å²) in [6, 6.07) is 57.4. The summed E-state index contributed by atoms with van der Waals surface area (Å²) < 4.78 is 10.8. The second-order valence-electron chi connectivity index (χ2n) is 19.9. The predicted molar refractivity (Wildman–Crippen MR) is 310 cm³/mol. The summed E-state index contributed by atoms with van der Waals surface area (Å²) in [5.41, 5.74) is 25.8. The number of hydrogen-bond donors (Lipinski definition) is 0. The third kappa shape index (κ3) is 15.2. The van der Waals surface area contributed by atoms with Crippen molar-refractivity contribution in [3.63, 3.8) is 0 Å². The standard InChI is InChI=1S/2C15H18N.C14H16N.C13H14N.C12H13N2/c1-11-5-7-14(13(3)9-11)15-8-6-12(2)10-16(15)4;1-11-7-5-6-8-14(11)15-9-12(2)13(3)10-16(15)4;1-11-8-9-14(15(3)10-11)13-7-5-4-6-12(13)2;1-11-7-3-4-8-12(11)13-9-5-6-10-14(13)2;1-10-6-7-13-9-11(10)12-5-3-4-8-14(12)2/h2*5-10H,1-4H3;4-10H,1-3H3;3-10H,1-2H3;3-9H,1-2H3/q5*+1. The molecule has 0 bridgehead atoms. The van der Waals surface area contributed by atoms with Crippen LogP contribution in [0.3, 0.4) is 0 Å². The lowest BCUT2D eigenvalue weighted by Crippen LogP contribution is -2.31. The Morgan fingerprint density at radius 3 is 1.09 bits per heavy atom. The number of aromatic nitrogens is 6. The van der Waals surface area contributed by atoms with Gasteiger partial charge in [0.25, 0.3) is 0 Å². The lowest BCUT2D eigenvalue weighted by atomic mass is 10.0. The van der Waals surface area contributed by atoms with E-state index in [0.717, 1.165) is 0 Å². The van der Waals surface area contributed by atoms with Crippen LogP contribution < -0.4 is 22.8 Å². The van der Waals surface area contributed by atoms with Crippen molar-refractivity contribution in [3.8, 4) is 56.3 Å². The second-order valence-corrected chi connectivity index (χ2v) is 19.9. The summed E-state index contributed by atoms with van der Waals surface area (Å²) in [5, 5.41) is 0. The van der Waals surface area contributed by atoms with Gasteiger partial charge in [0, 0.05) is 93.8 Å². The second kappa shape index (κ2) is 26.6. The Bertz CT molecular complexity index is 3290. The molecule has 0 atom stereocenters. The van der Waals surface area contributed by atoms with E-state index < -0.39 is 0 Å². The highest BCUT2D eigenvalue weighted by Crippen LogP contribution is 2.24. The number of nitrogens with zero attached hydrogens (tertiary/aromatic N) is 6. The highest BCUT2D eigenvalue weighted by molar-refractivity contribution is 5.64. The van der Waals surface area contributed by atoms with Gasteiger partial charge in [-0.1, -0.05) is 72.3 Å². The number of hydrogen-bond acceptors (Lipinski definition) is 1. The molecular formula is C69H79N6+5. The van der Waals surface area contributed by atoms with Crippen molar-refractivity contribution in [2.75, 3.05) is 0 Å². The zero-order valence-electron chi connectivity index (χ0n) is 47.3. The molecule has 6 heteroatoms. The van der Waals surface area contributed by atoms with E-state index in [1.807, 2.05) is 49.9 Å². The number of aryl methyl sites for hydroxylation is 15. The molecular weight excluding hydrogens is 913 g/mol. The molecule has 0 fully saturated rings. The topological polar surface area (TPSA) is 32.3 Å². The van der Waals surface area contributed by atoms with Gasteiger partial charge in [-0.05, 0) is 157 Å². The lowest BCUT2D eigenvalue weighted by molar-refractivity contribution is -0.660. The highest BCUT2D eigenvalue weighted by atomic mass is 14.9. The van der Waals surface area contributed by atoms with Crippen molar-refractivity contribution < 1.29 is 22.8 Å². The van der Waals surface area contributed by atoms with Gasteiger partial charge < -0.3 is 0 Å². The normalized spacial score (nSPS) is 10.3. The van der Waals surface area contributed by atoms with Crippen molar-refractivity contribution in [1.29, 1.82) is 0 Å². The van der Waals surface area contributed by atoms with Crippen LogP contribution in [0.25, 0.3) is 56.3 Å². The van der Waals surface area contributed by atoms with Crippen LogP contribution in [0.4, 0.5) is 0 Å². The smallest absolute Gasteiger partial charge is 0.214 e. The molecule has 6 heterocycles. The molecule has 0 aliphatic heterocycles. The fourth-order valence-electron chi connectivity index (χ4n) is 9.22. The van der Waals surface area contributed by atoms with Gasteiger partial charge in [0.15, 0.2) is 31.0 Å². The van der Waals surface area contributed by atoms with E-state index >= 15 is 0 Å². The van der Waals surface area contributed by atoms with Gasteiger partial charge in [-0.25, -0.2) is 22.8 Å². The van der Waals surface area contributed by atoms with E-state index in [0.29, 0.717) is 0 Å². The maximum Gasteiger partial charge on any atom is 0.214 e. The van der Waals surface area contributed by atoms with Crippen molar-refractivity contribution >= 4 is 0 Å². The molecule has 0 aliphatic carbocycles. The maximum absolute atomic E-state index is 4.15. The SMILES string of the molecule is Cc1cc(-c2ccccc2C)[n+](C)cc1C.Cc1ccc(-c2ccc(C)c[n+]2C)c(C)c1.Cc1ccc(-c2ccccc2C)[n+](C)c1.Cc1ccccc1-c1cccc[n+]1C.Cc1ccncc1-c1cccc[n+]1C. The maximum atomic E-state index is 4.15. The molecule has 0 aliphatic rings. The Kier molecular flexibility index (Phi) is 19.9. The predicted octanol–water partition coefficient (Wildman–Crippen LogP) is 13.4. The molecule has 6 nitrogen and oxygen atoms in total. The van der Waals surface area contributed by atoms with Crippen LogP contribution in [0, 0.1) is 69.2 Å². The molecule has 10 rings (SSSR count). The van der Waals surface area contributed by atoms with Crippen LogP contribution in [0.1, 0.15) is 55.6 Å². The molecule has 0 amide bonds. The Morgan fingerprint density at radius 2 is 0.653 bits per heavy atom. The van der Waals surface area contributed by atoms with Gasteiger partial charge in [0.2, 0.25) is 28.5 Å². The number of benzene rings is 4. The number of rotatable bonds is 5. The first-order valence-corrected chi connectivity index (χ1v) is 25.9. The molecule has 0 unspecified atom stereocenters. The number of pyridine rings is 6. The van der Waals surface area contributed by atoms with E-state index in [2.05, 4.69) is 290 Å². The third-order valence-electron chi connectivity index (χ3n) is 13.7. The average Bonchev–Trinajstić information content (AvgIpc) is 3.38. The minimum absolute atomic E-state index is 1.19. The van der Waals surface area contributed by atoms with Crippen LogP contribution in [0.2, 0.25) is 0 Å². The lowest BCUT2D eigenvalue weighted by Gasteiger charge is -2.06. The molecule has 0 N–H and O–H groups in total. The van der Waals surface area contributed by atoms with Crippen LogP contribution in [0.5, 0.6) is 0 Å². The fraction of sp³-hybridized carbons (Fsp3) is 0.217. The zero-order valence-corrected chi connectivity index (χ0v) is 47.3. The van der Waals surface area contributed by atoms with E-state index in [4.69, 9.17) is 0 Å². The Labute approximate surface area is 449 Å². The van der Waals surface area contributed by atoms with Gasteiger partial charge >= 0.3 is 0 Å². The molecule has 0 radical (unpaired) electrons. The average molecular weight is 992 g/mol. The van der Waals surface area contributed by atoms with Crippen LogP contribution in [-0.4, -0.2) is 4.98 Å². The first kappa shape index (κ1) is 56.1. The summed E-state index contributed by atoms with van der Waals surface area (Å²) in [7, 11) is 10.4. The van der Waals surface area contributed by atoms with Gasteiger partial charge in [-0.15, -0.1) is 0 Å². The van der Waals surface area contributed by atoms with Crippen molar-refractivity contribution in [2.24, 2.45) is 35.2 Å². The van der Waals surface area contributed by atoms with E-state index in [9.17, 15) is 0 Å². The van der Waals surface area contributed by atoms with E-state index in [1.54, 1.807) is 0 Å². The molecule has 75 heavy (non-hydrogen) atoms. The van der Waals surface area contributed by atoms with Crippen LogP contribution in [0.15, 0.2) is 207 Å².